The van der Waals surface area contributed by atoms with Crippen molar-refractivity contribution in [1.82, 2.24) is 15.0 Å². The Kier molecular flexibility index (Phi) is 4.88. The Morgan fingerprint density at radius 1 is 0.926 bits per heavy atom. The third kappa shape index (κ3) is 3.44. The predicted molar refractivity (Wildman–Crippen MR) is 111 cm³/mol. The molecule has 0 saturated heterocycles. The smallest absolute Gasteiger partial charge is 0.152 e. The molecule has 1 aromatic heterocycles. The largest absolute Gasteiger partial charge is 0.298 e. The fraction of sp³-hybridized carbons (Fsp3) is 0. The number of carbonyl (C=O) groups excluding carboxylic acids is 1. The molecule has 3 aromatic carbocycles. The van der Waals surface area contributed by atoms with Gasteiger partial charge in [-0.2, -0.15) is 0 Å². The number of aldehydes is 1. The van der Waals surface area contributed by atoms with Gasteiger partial charge in [0.1, 0.15) is 5.52 Å². The number of halogens is 2. The maximum absolute atomic E-state index is 12.1. The molecule has 0 atom stereocenters. The maximum Gasteiger partial charge on any atom is 0.152 e. The number of aromatic nitrogens is 3. The van der Waals surface area contributed by atoms with Gasteiger partial charge in [-0.1, -0.05) is 69.1 Å². The molecular weight excluding hydrogens is 426 g/mol. The zero-order valence-corrected chi connectivity index (χ0v) is 16.4. The van der Waals surface area contributed by atoms with Crippen LogP contribution < -0.4 is 0 Å². The molecule has 0 amide bonds. The van der Waals surface area contributed by atoms with E-state index in [0.29, 0.717) is 16.3 Å². The van der Waals surface area contributed by atoms with Crippen LogP contribution in [0.2, 0.25) is 5.02 Å². The Balaban J connectivity index is 2.04. The van der Waals surface area contributed by atoms with Crippen molar-refractivity contribution in [3.63, 3.8) is 0 Å². The molecule has 0 unspecified atom stereocenters. The van der Waals surface area contributed by atoms with E-state index in [-0.39, 0.29) is 0 Å². The number of benzene rings is 3. The van der Waals surface area contributed by atoms with Gasteiger partial charge in [-0.15, -0.1) is 5.10 Å². The molecule has 0 fully saturated rings. The molecule has 1 heterocycles. The van der Waals surface area contributed by atoms with E-state index < -0.39 is 0 Å². The minimum Gasteiger partial charge on any atom is -0.298 e. The summed E-state index contributed by atoms with van der Waals surface area (Å²) in [5, 5.41) is 9.17. The summed E-state index contributed by atoms with van der Waals surface area (Å²) in [6.45, 7) is 0. The van der Waals surface area contributed by atoms with E-state index in [4.69, 9.17) is 11.6 Å². The average molecular weight is 439 g/mol. The van der Waals surface area contributed by atoms with Crippen LogP contribution in [0.15, 0.2) is 77.3 Å². The van der Waals surface area contributed by atoms with Gasteiger partial charge < -0.3 is 0 Å². The summed E-state index contributed by atoms with van der Waals surface area (Å²) in [5.41, 5.74) is 4.35. The fourth-order valence-electron chi connectivity index (χ4n) is 2.92. The molecule has 4 nitrogen and oxygen atoms in total. The number of hydrogen-bond donors (Lipinski definition) is 0. The summed E-state index contributed by atoms with van der Waals surface area (Å²) in [7, 11) is 0. The second-order valence-corrected chi connectivity index (χ2v) is 7.24. The molecule has 0 radical (unpaired) electrons. The molecule has 0 spiro atoms. The second kappa shape index (κ2) is 7.47. The van der Waals surface area contributed by atoms with Crippen molar-refractivity contribution in [2.45, 2.75) is 0 Å². The van der Waals surface area contributed by atoms with Crippen LogP contribution in [0.5, 0.6) is 0 Å². The summed E-state index contributed by atoms with van der Waals surface area (Å²) in [6.07, 6.45) is 0.851. The number of carbonyl (C=O) groups is 1. The Hall–Kier alpha value is -2.76. The van der Waals surface area contributed by atoms with Gasteiger partial charge >= 0.3 is 0 Å². The summed E-state index contributed by atoms with van der Waals surface area (Å²) in [5.74, 6) is 0. The molecule has 0 aliphatic rings. The normalized spacial score (nSPS) is 12.1. The highest BCUT2D eigenvalue weighted by atomic mass is 79.9. The zero-order chi connectivity index (χ0) is 18.8. The molecule has 4 aromatic rings. The van der Waals surface area contributed by atoms with Crippen LogP contribution >= 0.6 is 27.5 Å². The first kappa shape index (κ1) is 17.6. The monoisotopic (exact) mass is 437 g/mol. The Labute approximate surface area is 169 Å². The predicted octanol–water partition coefficient (Wildman–Crippen LogP) is 5.46. The first-order valence-electron chi connectivity index (χ1n) is 8.19. The van der Waals surface area contributed by atoms with Crippen molar-refractivity contribution in [3.8, 4) is 0 Å². The number of para-hydroxylation sites is 1. The van der Waals surface area contributed by atoms with Crippen LogP contribution in [0.25, 0.3) is 22.3 Å². The first-order valence-corrected chi connectivity index (χ1v) is 9.36. The van der Waals surface area contributed by atoms with Gasteiger partial charge in [0.15, 0.2) is 6.29 Å². The Morgan fingerprint density at radius 2 is 1.59 bits per heavy atom. The van der Waals surface area contributed by atoms with Crippen molar-refractivity contribution in [2.75, 3.05) is 0 Å². The van der Waals surface area contributed by atoms with Crippen LogP contribution in [0.3, 0.4) is 0 Å². The lowest BCUT2D eigenvalue weighted by molar-refractivity contribution is -0.103. The molecule has 4 rings (SSSR count). The summed E-state index contributed by atoms with van der Waals surface area (Å²) < 4.78 is 2.64. The standard InChI is InChI=1S/C21H13BrClN3O/c22-16-9-5-14(6-10-16)18(13-27)21(15-7-11-17(23)12-8-15)26-20-4-2-1-3-19(20)24-25-26/h1-13H/b21-18-. The van der Waals surface area contributed by atoms with Gasteiger partial charge in [-0.3, -0.25) is 4.79 Å². The fourth-order valence-corrected chi connectivity index (χ4v) is 3.31. The van der Waals surface area contributed by atoms with Gasteiger partial charge in [0, 0.05) is 20.6 Å². The quantitative estimate of drug-likeness (QED) is 0.241. The minimum atomic E-state index is 0.514. The number of fused-ring (bicyclic) bond motifs is 1. The number of rotatable bonds is 4. The lowest BCUT2D eigenvalue weighted by Gasteiger charge is -2.13. The van der Waals surface area contributed by atoms with Crippen LogP contribution in [0.1, 0.15) is 11.1 Å². The van der Waals surface area contributed by atoms with Crippen molar-refractivity contribution >= 4 is 56.1 Å². The highest BCUT2D eigenvalue weighted by molar-refractivity contribution is 9.10. The van der Waals surface area contributed by atoms with E-state index >= 15 is 0 Å². The van der Waals surface area contributed by atoms with Crippen molar-refractivity contribution in [1.29, 1.82) is 0 Å². The SMILES string of the molecule is O=C/C(=C(\c1ccc(Cl)cc1)n1nnc2ccccc21)c1ccc(Br)cc1. The summed E-state index contributed by atoms with van der Waals surface area (Å²) in [4.78, 5) is 12.1. The van der Waals surface area contributed by atoms with E-state index in [1.165, 1.54) is 0 Å². The van der Waals surface area contributed by atoms with Crippen LogP contribution in [-0.4, -0.2) is 21.3 Å². The van der Waals surface area contributed by atoms with Crippen molar-refractivity contribution < 1.29 is 4.79 Å². The third-order valence-electron chi connectivity index (χ3n) is 4.21. The van der Waals surface area contributed by atoms with E-state index in [2.05, 4.69) is 26.2 Å². The number of allylic oxidation sites excluding steroid dienone is 1. The van der Waals surface area contributed by atoms with Crippen LogP contribution in [-0.2, 0) is 4.79 Å². The molecule has 0 saturated carbocycles. The van der Waals surface area contributed by atoms with Gasteiger partial charge in [-0.05, 0) is 42.0 Å². The first-order chi connectivity index (χ1) is 13.2. The second-order valence-electron chi connectivity index (χ2n) is 5.88. The molecule has 0 aliphatic heterocycles. The molecule has 0 N–H and O–H groups in total. The van der Waals surface area contributed by atoms with Gasteiger partial charge in [-0.25, -0.2) is 4.68 Å². The van der Waals surface area contributed by atoms with E-state index in [0.717, 1.165) is 32.9 Å². The highest BCUT2D eigenvalue weighted by Crippen LogP contribution is 2.30. The van der Waals surface area contributed by atoms with E-state index in [1.807, 2.05) is 60.7 Å². The molecule has 132 valence electrons. The zero-order valence-electron chi connectivity index (χ0n) is 14.0. The molecule has 6 heteroatoms. The minimum absolute atomic E-state index is 0.514. The maximum atomic E-state index is 12.1. The molecule has 27 heavy (non-hydrogen) atoms. The Morgan fingerprint density at radius 3 is 2.30 bits per heavy atom. The molecule has 0 aliphatic carbocycles. The highest BCUT2D eigenvalue weighted by Gasteiger charge is 2.17. The summed E-state index contributed by atoms with van der Waals surface area (Å²) >= 11 is 9.49. The van der Waals surface area contributed by atoms with E-state index in [1.54, 1.807) is 16.8 Å². The van der Waals surface area contributed by atoms with Gasteiger partial charge in [0.05, 0.1) is 11.2 Å². The number of nitrogens with zero attached hydrogens (tertiary/aromatic N) is 3. The number of hydrogen-bond acceptors (Lipinski definition) is 3. The summed E-state index contributed by atoms with van der Waals surface area (Å²) in [6, 6.07) is 22.5. The third-order valence-corrected chi connectivity index (χ3v) is 4.99. The van der Waals surface area contributed by atoms with Crippen LogP contribution in [0, 0.1) is 0 Å². The lowest BCUT2D eigenvalue weighted by atomic mass is 10.0. The topological polar surface area (TPSA) is 47.8 Å². The lowest BCUT2D eigenvalue weighted by Crippen LogP contribution is -2.06. The molecule has 0 bridgehead atoms. The average Bonchev–Trinajstić information content (AvgIpc) is 3.12. The van der Waals surface area contributed by atoms with Crippen molar-refractivity contribution in [2.24, 2.45) is 0 Å². The van der Waals surface area contributed by atoms with Crippen LogP contribution in [0.4, 0.5) is 0 Å². The molecular formula is C21H13BrClN3O. The van der Waals surface area contributed by atoms with Gasteiger partial charge in [0.2, 0.25) is 0 Å². The van der Waals surface area contributed by atoms with Gasteiger partial charge in [0.25, 0.3) is 0 Å². The van der Waals surface area contributed by atoms with E-state index in [9.17, 15) is 4.79 Å². The Bertz CT molecular complexity index is 1150. The van der Waals surface area contributed by atoms with Crippen molar-refractivity contribution in [3.05, 3.63) is 93.4 Å².